The maximum absolute atomic E-state index is 14.1. The van der Waals surface area contributed by atoms with Crippen molar-refractivity contribution >= 4 is 37.8 Å². The summed E-state index contributed by atoms with van der Waals surface area (Å²) in [5.74, 6) is -2.89. The lowest BCUT2D eigenvalue weighted by atomic mass is 10.1. The zero-order valence-electron chi connectivity index (χ0n) is 13.2. The summed E-state index contributed by atoms with van der Waals surface area (Å²) in [7, 11) is -3.43. The second-order valence-corrected chi connectivity index (χ2v) is 7.56. The van der Waals surface area contributed by atoms with Crippen molar-refractivity contribution < 1.29 is 27.1 Å². The summed E-state index contributed by atoms with van der Waals surface area (Å²) in [6.45, 7) is 1.81. The fourth-order valence-corrected chi connectivity index (χ4v) is 3.48. The molecular formula is C16H13BrFNO5S. The Morgan fingerprint density at radius 3 is 2.32 bits per heavy atom. The zero-order valence-corrected chi connectivity index (χ0v) is 15.6. The van der Waals surface area contributed by atoms with Crippen molar-refractivity contribution in [1.82, 2.24) is 4.72 Å². The van der Waals surface area contributed by atoms with Crippen LogP contribution in [0.1, 0.15) is 26.3 Å². The van der Waals surface area contributed by atoms with Gasteiger partial charge in [0, 0.05) is 10.0 Å². The number of nitrogens with one attached hydrogen (secondary N) is 1. The summed E-state index contributed by atoms with van der Waals surface area (Å²) in [5.41, 5.74) is 0.799. The molecular weight excluding hydrogens is 417 g/mol. The maximum Gasteiger partial charge on any atom is 0.339 e. The van der Waals surface area contributed by atoms with Crippen molar-refractivity contribution in [2.24, 2.45) is 0 Å². The van der Waals surface area contributed by atoms with Crippen molar-refractivity contribution in [1.29, 1.82) is 0 Å². The Morgan fingerprint density at radius 1 is 1.16 bits per heavy atom. The number of methoxy groups -OCH3 is 1. The number of hydrogen-bond acceptors (Lipinski definition) is 5. The minimum atomic E-state index is -4.53. The number of benzene rings is 2. The number of hydrogen-bond donors (Lipinski definition) is 1. The van der Waals surface area contributed by atoms with E-state index in [0.29, 0.717) is 0 Å². The van der Waals surface area contributed by atoms with Gasteiger partial charge in [0.1, 0.15) is 10.7 Å². The molecule has 0 radical (unpaired) electrons. The average Bonchev–Trinajstić information content (AvgIpc) is 2.54. The number of esters is 1. The molecule has 1 amide bonds. The summed E-state index contributed by atoms with van der Waals surface area (Å²) in [6.07, 6.45) is 0. The molecule has 0 aliphatic heterocycles. The maximum atomic E-state index is 14.1. The third-order valence-electron chi connectivity index (χ3n) is 3.26. The van der Waals surface area contributed by atoms with E-state index >= 15 is 0 Å². The van der Waals surface area contributed by atoms with Crippen LogP contribution in [-0.4, -0.2) is 27.4 Å². The van der Waals surface area contributed by atoms with Crippen LogP contribution < -0.4 is 4.72 Å². The van der Waals surface area contributed by atoms with Crippen LogP contribution in [0.25, 0.3) is 0 Å². The normalized spacial score (nSPS) is 11.0. The van der Waals surface area contributed by atoms with Crippen LogP contribution >= 0.6 is 15.9 Å². The molecule has 0 saturated heterocycles. The molecule has 0 saturated carbocycles. The van der Waals surface area contributed by atoms with Crippen molar-refractivity contribution in [3.63, 3.8) is 0 Å². The van der Waals surface area contributed by atoms with E-state index in [1.165, 1.54) is 12.1 Å². The summed E-state index contributed by atoms with van der Waals surface area (Å²) in [6, 6.07) is 7.78. The number of carbonyl (C=O) groups is 2. The standard InChI is InChI=1S/C16H13BrFNO5S/c1-9-3-5-10(6-4-9)15(20)19-25(22,23)14-7-11(16(21)24-2)12(17)8-13(14)18/h3-8H,1-2H3,(H,19,20). The fraction of sp³-hybridized carbons (Fsp3) is 0.125. The number of rotatable bonds is 4. The summed E-state index contributed by atoms with van der Waals surface area (Å²) in [4.78, 5) is 22.9. The topological polar surface area (TPSA) is 89.5 Å². The number of halogens is 2. The molecule has 0 spiro atoms. The van der Waals surface area contributed by atoms with Gasteiger partial charge < -0.3 is 4.74 Å². The van der Waals surface area contributed by atoms with E-state index in [0.717, 1.165) is 24.8 Å². The van der Waals surface area contributed by atoms with Crippen LogP contribution in [0, 0.1) is 12.7 Å². The number of amides is 1. The number of aryl methyl sites for hydroxylation is 1. The molecule has 1 N–H and O–H groups in total. The first-order valence-electron chi connectivity index (χ1n) is 6.87. The van der Waals surface area contributed by atoms with E-state index < -0.39 is 32.6 Å². The van der Waals surface area contributed by atoms with E-state index in [-0.39, 0.29) is 15.6 Å². The van der Waals surface area contributed by atoms with Crippen LogP contribution in [0.2, 0.25) is 0 Å². The summed E-state index contributed by atoms with van der Waals surface area (Å²) < 4.78 is 45.1. The second kappa shape index (κ2) is 7.32. The SMILES string of the molecule is COC(=O)c1cc(S(=O)(=O)NC(=O)c2ccc(C)cc2)c(F)cc1Br. The van der Waals surface area contributed by atoms with Crippen LogP contribution in [0.3, 0.4) is 0 Å². The molecule has 0 fully saturated rings. The lowest BCUT2D eigenvalue weighted by Crippen LogP contribution is -2.31. The van der Waals surface area contributed by atoms with Gasteiger partial charge in [0.15, 0.2) is 0 Å². The third-order valence-corrected chi connectivity index (χ3v) is 5.26. The van der Waals surface area contributed by atoms with Crippen LogP contribution in [0.5, 0.6) is 0 Å². The van der Waals surface area contributed by atoms with Gasteiger partial charge in [0.25, 0.3) is 15.9 Å². The molecule has 0 atom stereocenters. The van der Waals surface area contributed by atoms with Gasteiger partial charge in [-0.15, -0.1) is 0 Å². The lowest BCUT2D eigenvalue weighted by Gasteiger charge is -2.10. The molecule has 2 aromatic carbocycles. The van der Waals surface area contributed by atoms with Gasteiger partial charge in [-0.1, -0.05) is 17.7 Å². The molecule has 25 heavy (non-hydrogen) atoms. The Kier molecular flexibility index (Phi) is 5.58. The minimum absolute atomic E-state index is 0.0284. The van der Waals surface area contributed by atoms with Crippen molar-refractivity contribution in [2.75, 3.05) is 7.11 Å². The molecule has 2 rings (SSSR count). The molecule has 6 nitrogen and oxygen atoms in total. The molecule has 0 aliphatic rings. The van der Waals surface area contributed by atoms with E-state index in [1.54, 1.807) is 16.9 Å². The predicted octanol–water partition coefficient (Wildman–Crippen LogP) is 2.80. The van der Waals surface area contributed by atoms with Gasteiger partial charge >= 0.3 is 5.97 Å². The Bertz CT molecular complexity index is 942. The summed E-state index contributed by atoms with van der Waals surface area (Å²) in [5, 5.41) is 0. The smallest absolute Gasteiger partial charge is 0.339 e. The quantitative estimate of drug-likeness (QED) is 0.754. The van der Waals surface area contributed by atoms with Crippen LogP contribution in [0.15, 0.2) is 45.8 Å². The fourth-order valence-electron chi connectivity index (χ4n) is 1.94. The Hall–Kier alpha value is -2.26. The average molecular weight is 430 g/mol. The van der Waals surface area contributed by atoms with Gasteiger partial charge in [-0.3, -0.25) is 4.79 Å². The molecule has 132 valence electrons. The first-order chi connectivity index (χ1) is 11.7. The molecule has 0 bridgehead atoms. The number of carbonyl (C=O) groups excluding carboxylic acids is 2. The van der Waals surface area contributed by atoms with Gasteiger partial charge in [0.05, 0.1) is 12.7 Å². The lowest BCUT2D eigenvalue weighted by molar-refractivity contribution is 0.0599. The summed E-state index contributed by atoms with van der Waals surface area (Å²) >= 11 is 2.96. The molecule has 9 heteroatoms. The predicted molar refractivity (Wildman–Crippen MR) is 91.3 cm³/mol. The van der Waals surface area contributed by atoms with Crippen molar-refractivity contribution in [3.05, 3.63) is 63.4 Å². The van der Waals surface area contributed by atoms with E-state index in [9.17, 15) is 22.4 Å². The monoisotopic (exact) mass is 429 g/mol. The Balaban J connectivity index is 2.40. The second-order valence-electron chi connectivity index (χ2n) is 5.05. The van der Waals surface area contributed by atoms with E-state index in [4.69, 9.17) is 0 Å². The van der Waals surface area contributed by atoms with Gasteiger partial charge in [-0.25, -0.2) is 22.3 Å². The van der Waals surface area contributed by atoms with Crippen molar-refractivity contribution in [3.8, 4) is 0 Å². The molecule has 0 unspecified atom stereocenters. The van der Waals surface area contributed by atoms with Gasteiger partial charge in [-0.2, -0.15) is 0 Å². The first kappa shape index (κ1) is 19.1. The van der Waals surface area contributed by atoms with Gasteiger partial charge in [-0.05, 0) is 47.1 Å². The zero-order chi connectivity index (χ0) is 18.8. The highest BCUT2D eigenvalue weighted by Crippen LogP contribution is 2.25. The largest absolute Gasteiger partial charge is 0.465 e. The van der Waals surface area contributed by atoms with Crippen LogP contribution in [0.4, 0.5) is 4.39 Å². The van der Waals surface area contributed by atoms with E-state index in [1.807, 2.05) is 6.92 Å². The molecule has 0 aromatic heterocycles. The molecule has 0 heterocycles. The van der Waals surface area contributed by atoms with Crippen molar-refractivity contribution in [2.45, 2.75) is 11.8 Å². The highest BCUT2D eigenvalue weighted by molar-refractivity contribution is 9.10. The highest BCUT2D eigenvalue weighted by Gasteiger charge is 2.26. The molecule has 0 aliphatic carbocycles. The van der Waals surface area contributed by atoms with Crippen LogP contribution in [-0.2, 0) is 14.8 Å². The number of sulfonamides is 1. The molecule has 2 aromatic rings. The first-order valence-corrected chi connectivity index (χ1v) is 9.14. The Morgan fingerprint density at radius 2 is 1.76 bits per heavy atom. The highest BCUT2D eigenvalue weighted by atomic mass is 79.9. The Labute approximate surface area is 152 Å². The number of ether oxygens (including phenoxy) is 1. The van der Waals surface area contributed by atoms with E-state index in [2.05, 4.69) is 20.7 Å². The third kappa shape index (κ3) is 4.23. The van der Waals surface area contributed by atoms with Gasteiger partial charge in [0.2, 0.25) is 0 Å². The minimum Gasteiger partial charge on any atom is -0.465 e.